The minimum atomic E-state index is 0.652. The summed E-state index contributed by atoms with van der Waals surface area (Å²) in [5, 5.41) is 9.10. The number of nitriles is 1. The molecule has 0 saturated heterocycles. The van der Waals surface area contributed by atoms with Gasteiger partial charge in [-0.2, -0.15) is 5.26 Å². The third kappa shape index (κ3) is 3.83. The van der Waals surface area contributed by atoms with Gasteiger partial charge in [0.2, 0.25) is 0 Å². The van der Waals surface area contributed by atoms with E-state index in [4.69, 9.17) is 5.26 Å². The Balaban J connectivity index is 1.76. The summed E-state index contributed by atoms with van der Waals surface area (Å²) in [7, 11) is 0. The highest BCUT2D eigenvalue weighted by molar-refractivity contribution is 9.10. The molecular formula is C25H17BrN2. The van der Waals surface area contributed by atoms with Crippen LogP contribution in [0.3, 0.4) is 0 Å². The van der Waals surface area contributed by atoms with Gasteiger partial charge in [0.15, 0.2) is 0 Å². The van der Waals surface area contributed by atoms with Crippen LogP contribution < -0.4 is 4.90 Å². The van der Waals surface area contributed by atoms with Crippen molar-refractivity contribution in [2.75, 3.05) is 4.90 Å². The van der Waals surface area contributed by atoms with Gasteiger partial charge in [-0.25, -0.2) is 0 Å². The first-order valence-corrected chi connectivity index (χ1v) is 9.75. The van der Waals surface area contributed by atoms with E-state index < -0.39 is 0 Å². The van der Waals surface area contributed by atoms with Gasteiger partial charge in [-0.1, -0.05) is 58.4 Å². The zero-order valence-electron chi connectivity index (χ0n) is 15.1. The van der Waals surface area contributed by atoms with Crippen LogP contribution in [0.15, 0.2) is 108 Å². The molecule has 2 nitrogen and oxygen atoms in total. The molecule has 0 aliphatic carbocycles. The molecule has 0 bridgehead atoms. The predicted molar refractivity (Wildman–Crippen MR) is 119 cm³/mol. The molecule has 0 atom stereocenters. The second-order valence-electron chi connectivity index (χ2n) is 6.38. The molecule has 4 aromatic carbocycles. The first kappa shape index (κ1) is 18.0. The Hall–Kier alpha value is -3.35. The number of benzene rings is 4. The predicted octanol–water partition coefficient (Wildman–Crippen LogP) is 7.46. The SMILES string of the molecule is N#Cc1ccc(N(c2ccc(Br)cc2)c2ccc(-c3ccccc3)cc2)cc1. The van der Waals surface area contributed by atoms with Crippen LogP contribution >= 0.6 is 15.9 Å². The minimum Gasteiger partial charge on any atom is -0.311 e. The number of anilines is 3. The van der Waals surface area contributed by atoms with E-state index in [1.807, 2.05) is 54.6 Å². The Bertz CT molecular complexity index is 1090. The van der Waals surface area contributed by atoms with Crippen LogP contribution in [-0.4, -0.2) is 0 Å². The first-order chi connectivity index (χ1) is 13.7. The molecule has 3 heteroatoms. The average molecular weight is 425 g/mol. The largest absolute Gasteiger partial charge is 0.311 e. The van der Waals surface area contributed by atoms with E-state index in [0.29, 0.717) is 5.56 Å². The van der Waals surface area contributed by atoms with Crippen LogP contribution in [0.2, 0.25) is 0 Å². The summed E-state index contributed by atoms with van der Waals surface area (Å²) >= 11 is 3.51. The van der Waals surface area contributed by atoms with Gasteiger partial charge in [0.05, 0.1) is 11.6 Å². The van der Waals surface area contributed by atoms with Gasteiger partial charge in [0.1, 0.15) is 0 Å². The molecule has 0 N–H and O–H groups in total. The molecule has 0 fully saturated rings. The highest BCUT2D eigenvalue weighted by Crippen LogP contribution is 2.36. The zero-order valence-corrected chi connectivity index (χ0v) is 16.7. The smallest absolute Gasteiger partial charge is 0.0991 e. The normalized spacial score (nSPS) is 10.3. The van der Waals surface area contributed by atoms with E-state index >= 15 is 0 Å². The standard InChI is InChI=1S/C25H17BrN2/c26-22-10-16-25(17-11-22)28(23-12-6-19(18-27)7-13-23)24-14-8-21(9-15-24)20-4-2-1-3-5-20/h1-17H. The molecule has 134 valence electrons. The van der Waals surface area contributed by atoms with Crippen molar-refractivity contribution < 1.29 is 0 Å². The van der Waals surface area contributed by atoms with Crippen molar-refractivity contribution in [3.63, 3.8) is 0 Å². The summed E-state index contributed by atoms with van der Waals surface area (Å²) in [4.78, 5) is 2.18. The summed E-state index contributed by atoms with van der Waals surface area (Å²) in [6, 6.07) is 36.9. The van der Waals surface area contributed by atoms with Gasteiger partial charge in [0.25, 0.3) is 0 Å². The third-order valence-corrected chi connectivity index (χ3v) is 5.10. The Labute approximate surface area is 173 Å². The van der Waals surface area contributed by atoms with Crippen LogP contribution in [0.4, 0.5) is 17.1 Å². The maximum absolute atomic E-state index is 9.10. The second-order valence-corrected chi connectivity index (χ2v) is 7.30. The number of hydrogen-bond acceptors (Lipinski definition) is 2. The molecule has 0 saturated carbocycles. The van der Waals surface area contributed by atoms with Crippen LogP contribution in [0.1, 0.15) is 5.56 Å². The summed E-state index contributed by atoms with van der Waals surface area (Å²) < 4.78 is 1.04. The molecular weight excluding hydrogens is 408 g/mol. The van der Waals surface area contributed by atoms with Crippen molar-refractivity contribution in [2.45, 2.75) is 0 Å². The summed E-state index contributed by atoms with van der Waals surface area (Å²) in [6.45, 7) is 0. The second kappa shape index (κ2) is 8.12. The van der Waals surface area contributed by atoms with E-state index in [1.165, 1.54) is 11.1 Å². The molecule has 0 heterocycles. The van der Waals surface area contributed by atoms with E-state index in [1.54, 1.807) is 0 Å². The highest BCUT2D eigenvalue weighted by atomic mass is 79.9. The Morgan fingerprint density at radius 3 is 1.57 bits per heavy atom. The third-order valence-electron chi connectivity index (χ3n) is 4.57. The molecule has 0 aromatic heterocycles. The monoisotopic (exact) mass is 424 g/mol. The van der Waals surface area contributed by atoms with Crippen molar-refractivity contribution in [3.8, 4) is 17.2 Å². The molecule has 4 aromatic rings. The fourth-order valence-electron chi connectivity index (χ4n) is 3.16. The fourth-order valence-corrected chi connectivity index (χ4v) is 3.42. The molecule has 0 amide bonds. The Morgan fingerprint density at radius 1 is 0.571 bits per heavy atom. The Kier molecular flexibility index (Phi) is 5.23. The van der Waals surface area contributed by atoms with E-state index in [9.17, 15) is 0 Å². The Morgan fingerprint density at radius 2 is 1.04 bits per heavy atom. The first-order valence-electron chi connectivity index (χ1n) is 8.96. The summed E-state index contributed by atoms with van der Waals surface area (Å²) in [5.41, 5.74) is 6.15. The molecule has 0 unspecified atom stereocenters. The number of rotatable bonds is 4. The number of halogens is 1. The van der Waals surface area contributed by atoms with Crippen LogP contribution in [0.25, 0.3) is 11.1 Å². The lowest BCUT2D eigenvalue weighted by molar-refractivity contribution is 1.28. The van der Waals surface area contributed by atoms with E-state index in [2.05, 4.69) is 75.4 Å². The topological polar surface area (TPSA) is 27.0 Å². The van der Waals surface area contributed by atoms with Crippen molar-refractivity contribution in [1.29, 1.82) is 5.26 Å². The van der Waals surface area contributed by atoms with Gasteiger partial charge < -0.3 is 4.90 Å². The van der Waals surface area contributed by atoms with Gasteiger partial charge in [-0.3, -0.25) is 0 Å². The number of hydrogen-bond donors (Lipinski definition) is 0. The van der Waals surface area contributed by atoms with Gasteiger partial charge in [-0.05, 0) is 71.8 Å². The molecule has 4 rings (SSSR count). The lowest BCUT2D eigenvalue weighted by atomic mass is 10.0. The van der Waals surface area contributed by atoms with Crippen LogP contribution in [0, 0.1) is 11.3 Å². The average Bonchev–Trinajstić information content (AvgIpc) is 2.77. The maximum atomic E-state index is 9.10. The fraction of sp³-hybridized carbons (Fsp3) is 0. The summed E-state index contributed by atoms with van der Waals surface area (Å²) in [6.07, 6.45) is 0. The van der Waals surface area contributed by atoms with Crippen LogP contribution in [-0.2, 0) is 0 Å². The van der Waals surface area contributed by atoms with Crippen molar-refractivity contribution in [2.24, 2.45) is 0 Å². The van der Waals surface area contributed by atoms with Crippen molar-refractivity contribution in [1.82, 2.24) is 0 Å². The van der Waals surface area contributed by atoms with Gasteiger partial charge >= 0.3 is 0 Å². The minimum absolute atomic E-state index is 0.652. The van der Waals surface area contributed by atoms with Gasteiger partial charge in [0, 0.05) is 21.5 Å². The van der Waals surface area contributed by atoms with Crippen molar-refractivity contribution in [3.05, 3.63) is 113 Å². The molecule has 0 radical (unpaired) electrons. The van der Waals surface area contributed by atoms with Crippen molar-refractivity contribution >= 4 is 33.0 Å². The van der Waals surface area contributed by atoms with E-state index in [-0.39, 0.29) is 0 Å². The van der Waals surface area contributed by atoms with Crippen LogP contribution in [0.5, 0.6) is 0 Å². The molecule has 0 spiro atoms. The molecule has 0 aliphatic rings. The molecule has 28 heavy (non-hydrogen) atoms. The molecule has 0 aliphatic heterocycles. The zero-order chi connectivity index (χ0) is 19.3. The lowest BCUT2D eigenvalue weighted by Gasteiger charge is -2.25. The van der Waals surface area contributed by atoms with Gasteiger partial charge in [-0.15, -0.1) is 0 Å². The lowest BCUT2D eigenvalue weighted by Crippen LogP contribution is -2.09. The highest BCUT2D eigenvalue weighted by Gasteiger charge is 2.12. The quantitative estimate of drug-likeness (QED) is 0.339. The maximum Gasteiger partial charge on any atom is 0.0991 e. The van der Waals surface area contributed by atoms with E-state index in [0.717, 1.165) is 21.5 Å². The summed E-state index contributed by atoms with van der Waals surface area (Å²) in [5.74, 6) is 0. The number of nitrogens with zero attached hydrogens (tertiary/aromatic N) is 2.